The molecule has 0 radical (unpaired) electrons. The lowest BCUT2D eigenvalue weighted by molar-refractivity contribution is 0.00751. The van der Waals surface area contributed by atoms with Crippen molar-refractivity contribution < 1.29 is 38.1 Å². The van der Waals surface area contributed by atoms with Crippen LogP contribution < -0.4 is 14.8 Å². The van der Waals surface area contributed by atoms with Crippen molar-refractivity contribution in [3.63, 3.8) is 0 Å². The number of benzene rings is 4. The van der Waals surface area contributed by atoms with Crippen LogP contribution in [0.25, 0.3) is 0 Å². The van der Waals surface area contributed by atoms with Gasteiger partial charge in [0, 0.05) is 89.2 Å². The number of likely N-dealkylation sites (tertiary alicyclic amines) is 1. The number of nitrogens with one attached hydrogen (secondary N) is 1. The van der Waals surface area contributed by atoms with Crippen molar-refractivity contribution in [2.45, 2.75) is 142 Å². The van der Waals surface area contributed by atoms with E-state index < -0.39 is 5.60 Å². The van der Waals surface area contributed by atoms with E-state index in [0.717, 1.165) is 99.9 Å². The van der Waals surface area contributed by atoms with Crippen LogP contribution in [0.2, 0.25) is 0 Å². The maximum absolute atomic E-state index is 13.9. The number of carbonyl (C=O) groups is 3. The molecule has 0 unspecified atom stereocenters. The first-order valence-electron chi connectivity index (χ1n) is 26.1. The Balaban J connectivity index is 0.000000314. The zero-order valence-electron chi connectivity index (χ0n) is 44.8. The summed E-state index contributed by atoms with van der Waals surface area (Å²) in [5.41, 5.74) is 5.53. The number of hydrogen-bond acceptors (Lipinski definition) is 9. The molecule has 0 saturated carbocycles. The van der Waals surface area contributed by atoms with Crippen molar-refractivity contribution in [1.82, 2.24) is 20.0 Å². The summed E-state index contributed by atoms with van der Waals surface area (Å²) < 4.78 is 28.3. The number of methoxy groups -OCH3 is 2. The molecule has 13 heteroatoms. The molecule has 2 fully saturated rings. The van der Waals surface area contributed by atoms with E-state index in [2.05, 4.69) is 73.8 Å². The molecule has 3 amide bonds. The van der Waals surface area contributed by atoms with Crippen molar-refractivity contribution in [2.75, 3.05) is 66.8 Å². The van der Waals surface area contributed by atoms with E-state index in [4.69, 9.17) is 23.7 Å². The quantitative estimate of drug-likeness (QED) is 0.0768. The highest BCUT2D eigenvalue weighted by molar-refractivity contribution is 5.96. The summed E-state index contributed by atoms with van der Waals surface area (Å²) in [6.07, 6.45) is 8.62. The van der Waals surface area contributed by atoms with Gasteiger partial charge in [0.25, 0.3) is 11.8 Å². The topological polar surface area (TPSA) is 119 Å². The van der Waals surface area contributed by atoms with Gasteiger partial charge in [-0.3, -0.25) is 9.59 Å². The Kier molecular flexibility index (Phi) is 25.4. The molecule has 12 nitrogen and oxygen atoms in total. The van der Waals surface area contributed by atoms with Crippen LogP contribution >= 0.6 is 12.4 Å². The first-order valence-corrected chi connectivity index (χ1v) is 26.1. The Morgan fingerprint density at radius 3 is 1.54 bits per heavy atom. The van der Waals surface area contributed by atoms with E-state index in [1.54, 1.807) is 19.1 Å². The normalized spacial score (nSPS) is 15.7. The molecular weight excluding hydrogens is 928 g/mol. The number of halogens is 1. The van der Waals surface area contributed by atoms with E-state index in [9.17, 15) is 14.4 Å². The van der Waals surface area contributed by atoms with E-state index in [1.807, 2.05) is 86.9 Å². The third-order valence-electron chi connectivity index (χ3n) is 12.9. The average Bonchev–Trinajstić information content (AvgIpc) is 3.36. The number of rotatable bonds is 22. The second-order valence-corrected chi connectivity index (χ2v) is 20.3. The molecule has 0 spiro atoms. The second kappa shape index (κ2) is 30.8. The lowest BCUT2D eigenvalue weighted by atomic mass is 9.99. The Morgan fingerprint density at radius 2 is 1.11 bits per heavy atom. The van der Waals surface area contributed by atoms with Crippen molar-refractivity contribution in [3.8, 4) is 11.5 Å². The van der Waals surface area contributed by atoms with Gasteiger partial charge in [0.1, 0.15) is 17.1 Å². The SMILES string of the molecule is COCCCOc1cc(C(=O)N(C(C)C)[C@@H]2CCCN(C(=O)OC(C)(C)C)C2)ccc1CCc1ccccc1.COCCCOc1cc(C(=O)N(C(C)C)[C@@H]2CCCNC2)ccc1CCc1ccccc1.Cl. The molecule has 1 N–H and O–H groups in total. The third kappa shape index (κ3) is 19.0. The van der Waals surface area contributed by atoms with Gasteiger partial charge in [-0.15, -0.1) is 12.4 Å². The van der Waals surface area contributed by atoms with Gasteiger partial charge in [-0.2, -0.15) is 0 Å². The molecule has 72 heavy (non-hydrogen) atoms. The van der Waals surface area contributed by atoms with Gasteiger partial charge in [0.05, 0.1) is 19.3 Å². The van der Waals surface area contributed by atoms with Crippen molar-refractivity contribution >= 4 is 30.3 Å². The van der Waals surface area contributed by atoms with Crippen molar-refractivity contribution in [3.05, 3.63) is 130 Å². The Hall–Kier alpha value is -5.14. The van der Waals surface area contributed by atoms with Gasteiger partial charge in [-0.25, -0.2) is 4.79 Å². The highest BCUT2D eigenvalue weighted by Gasteiger charge is 2.35. The number of nitrogens with zero attached hydrogens (tertiary/aromatic N) is 3. The fourth-order valence-electron chi connectivity index (χ4n) is 9.36. The molecule has 396 valence electrons. The molecule has 2 saturated heterocycles. The minimum absolute atomic E-state index is 0. The van der Waals surface area contributed by atoms with Crippen molar-refractivity contribution in [1.29, 1.82) is 0 Å². The zero-order chi connectivity index (χ0) is 51.2. The molecule has 0 aliphatic carbocycles. The van der Waals surface area contributed by atoms with Gasteiger partial charge in [0.15, 0.2) is 0 Å². The summed E-state index contributed by atoms with van der Waals surface area (Å²) in [5.74, 6) is 1.60. The van der Waals surface area contributed by atoms with Crippen LogP contribution in [0, 0.1) is 0 Å². The highest BCUT2D eigenvalue weighted by Crippen LogP contribution is 2.29. The summed E-state index contributed by atoms with van der Waals surface area (Å²) in [6, 6.07) is 32.9. The molecule has 6 rings (SSSR count). The number of amides is 3. The van der Waals surface area contributed by atoms with Gasteiger partial charge in [-0.1, -0.05) is 72.8 Å². The summed E-state index contributed by atoms with van der Waals surface area (Å²) in [5, 5.41) is 3.44. The first kappa shape index (κ1) is 59.4. The van der Waals surface area contributed by atoms with Crippen LogP contribution in [-0.4, -0.2) is 129 Å². The molecule has 0 bridgehead atoms. The van der Waals surface area contributed by atoms with Crippen LogP contribution in [0.1, 0.15) is 130 Å². The van der Waals surface area contributed by atoms with E-state index in [1.165, 1.54) is 11.1 Å². The summed E-state index contributed by atoms with van der Waals surface area (Å²) in [6.45, 7) is 19.2. The first-order chi connectivity index (χ1) is 34.2. The molecular formula is C59H85ClN4O8. The standard InChI is InChI=1S/C32H46N2O5.C27H38N2O3.ClH/c1-24(2)34(28-14-10-19-33(23-28)31(36)39-32(3,4)5)30(35)27-18-17-26(16-15-25-12-8-7-9-13-25)29(22-27)38-21-11-20-37-6;1-21(2)29(25-11-7-16-28-20-25)27(30)24-15-14-23(13-12-22-9-5-4-6-10-22)26(19-24)32-18-8-17-31-3;/h7-9,12-13,17-18,22,24,28H,10-11,14-16,19-21,23H2,1-6H3;4-6,9-10,14-15,19,21,25,28H,7-8,11-13,16-18,20H2,1-3H3;1H/t28-;25-;/m11./s1. The van der Waals surface area contributed by atoms with Crippen LogP contribution in [0.15, 0.2) is 97.1 Å². The maximum Gasteiger partial charge on any atom is 0.410 e. The van der Waals surface area contributed by atoms with Crippen LogP contribution in [0.4, 0.5) is 4.79 Å². The molecule has 2 heterocycles. The minimum Gasteiger partial charge on any atom is -0.493 e. The van der Waals surface area contributed by atoms with Gasteiger partial charge in [0.2, 0.25) is 0 Å². The number of aryl methyl sites for hydroxylation is 4. The smallest absolute Gasteiger partial charge is 0.410 e. The van der Waals surface area contributed by atoms with Crippen LogP contribution in [-0.2, 0) is 39.9 Å². The monoisotopic (exact) mass is 1010 g/mol. The summed E-state index contributed by atoms with van der Waals surface area (Å²) in [4.78, 5) is 45.9. The lowest BCUT2D eigenvalue weighted by Gasteiger charge is -2.41. The van der Waals surface area contributed by atoms with Gasteiger partial charge >= 0.3 is 6.09 Å². The van der Waals surface area contributed by atoms with Crippen LogP contribution in [0.5, 0.6) is 11.5 Å². The maximum atomic E-state index is 13.9. The lowest BCUT2D eigenvalue weighted by Crippen LogP contribution is -2.54. The Morgan fingerprint density at radius 1 is 0.639 bits per heavy atom. The fraction of sp³-hybridized carbons (Fsp3) is 0.542. The molecule has 2 aliphatic heterocycles. The summed E-state index contributed by atoms with van der Waals surface area (Å²) >= 11 is 0. The average molecular weight is 1010 g/mol. The molecule has 0 aromatic heterocycles. The van der Waals surface area contributed by atoms with E-state index in [0.29, 0.717) is 50.6 Å². The summed E-state index contributed by atoms with van der Waals surface area (Å²) in [7, 11) is 3.38. The van der Waals surface area contributed by atoms with E-state index >= 15 is 0 Å². The number of carbonyl (C=O) groups excluding carboxylic acids is 3. The third-order valence-corrected chi connectivity index (χ3v) is 12.9. The number of piperidine rings is 2. The Bertz CT molecular complexity index is 2210. The highest BCUT2D eigenvalue weighted by atomic mass is 35.5. The molecule has 2 atom stereocenters. The van der Waals surface area contributed by atoms with Gasteiger partial charge < -0.3 is 43.7 Å². The van der Waals surface area contributed by atoms with E-state index in [-0.39, 0.29) is 54.5 Å². The van der Waals surface area contributed by atoms with Crippen LogP contribution in [0.3, 0.4) is 0 Å². The number of hydrogen-bond donors (Lipinski definition) is 1. The van der Waals surface area contributed by atoms with Gasteiger partial charge in [-0.05, 0) is 153 Å². The predicted molar refractivity (Wildman–Crippen MR) is 291 cm³/mol. The second-order valence-electron chi connectivity index (χ2n) is 20.3. The zero-order valence-corrected chi connectivity index (χ0v) is 45.6. The predicted octanol–water partition coefficient (Wildman–Crippen LogP) is 11.0. The molecule has 4 aromatic carbocycles. The fourth-order valence-corrected chi connectivity index (χ4v) is 9.36. The minimum atomic E-state index is -0.556. The molecule has 2 aliphatic rings. The molecule has 4 aromatic rings. The van der Waals surface area contributed by atoms with Crippen molar-refractivity contribution in [2.24, 2.45) is 0 Å². The largest absolute Gasteiger partial charge is 0.493 e. The Labute approximate surface area is 437 Å². The number of ether oxygens (including phenoxy) is 5.